The lowest BCUT2D eigenvalue weighted by Crippen LogP contribution is -1.97. The molecular weight excluding hydrogens is 264 g/mol. The van der Waals surface area contributed by atoms with Crippen molar-refractivity contribution in [3.63, 3.8) is 0 Å². The monoisotopic (exact) mass is 280 g/mol. The maximum Gasteiger partial charge on any atom is 0.203 e. The van der Waals surface area contributed by atoms with Crippen LogP contribution >= 0.6 is 11.3 Å². The highest BCUT2D eigenvalue weighted by molar-refractivity contribution is 7.13. The van der Waals surface area contributed by atoms with Crippen molar-refractivity contribution in [3.05, 3.63) is 23.2 Å². The highest BCUT2D eigenvalue weighted by Crippen LogP contribution is 2.41. The van der Waals surface area contributed by atoms with E-state index >= 15 is 0 Å². The number of benzene rings is 1. The summed E-state index contributed by atoms with van der Waals surface area (Å²) in [6, 6.07) is 3.75. The number of ether oxygens (including phenoxy) is 3. The van der Waals surface area contributed by atoms with Gasteiger partial charge in [-0.05, 0) is 12.1 Å². The van der Waals surface area contributed by atoms with Gasteiger partial charge in [0.2, 0.25) is 5.75 Å². The second-order valence-electron chi connectivity index (χ2n) is 3.76. The highest BCUT2D eigenvalue weighted by Gasteiger charge is 2.15. The molecular formula is C13H16N2O3S. The van der Waals surface area contributed by atoms with Gasteiger partial charge < -0.3 is 19.9 Å². The molecule has 1 aromatic heterocycles. The quantitative estimate of drug-likeness (QED) is 0.910. The minimum atomic E-state index is 0.431. The molecule has 0 aliphatic heterocycles. The standard InChI is InChI=1S/C13H16N2O3S/c1-16-10-4-8(5-11(17-2)12(10)18-3)13-15-9(6-14)7-19-13/h4-5,7H,6,14H2,1-3H3. The number of nitrogens with zero attached hydrogens (tertiary/aromatic N) is 1. The number of aromatic nitrogens is 1. The van der Waals surface area contributed by atoms with Crippen molar-refractivity contribution >= 4 is 11.3 Å². The van der Waals surface area contributed by atoms with Gasteiger partial charge in [0.15, 0.2) is 11.5 Å². The second kappa shape index (κ2) is 5.90. The van der Waals surface area contributed by atoms with E-state index in [2.05, 4.69) is 4.98 Å². The Morgan fingerprint density at radius 2 is 1.74 bits per heavy atom. The maximum atomic E-state index is 5.57. The largest absolute Gasteiger partial charge is 0.493 e. The lowest BCUT2D eigenvalue weighted by molar-refractivity contribution is 0.324. The van der Waals surface area contributed by atoms with Crippen LogP contribution in [-0.2, 0) is 6.54 Å². The fourth-order valence-electron chi connectivity index (χ4n) is 1.74. The Morgan fingerprint density at radius 1 is 1.11 bits per heavy atom. The van der Waals surface area contributed by atoms with E-state index in [4.69, 9.17) is 19.9 Å². The van der Waals surface area contributed by atoms with Crippen molar-refractivity contribution in [2.75, 3.05) is 21.3 Å². The summed E-state index contributed by atoms with van der Waals surface area (Å²) in [4.78, 5) is 4.45. The van der Waals surface area contributed by atoms with Crippen molar-refractivity contribution in [3.8, 4) is 27.8 Å². The smallest absolute Gasteiger partial charge is 0.203 e. The number of hydrogen-bond acceptors (Lipinski definition) is 6. The Kier molecular flexibility index (Phi) is 4.24. The van der Waals surface area contributed by atoms with Crippen molar-refractivity contribution in [2.24, 2.45) is 5.73 Å². The predicted molar refractivity (Wildman–Crippen MR) is 75.1 cm³/mol. The lowest BCUT2D eigenvalue weighted by atomic mass is 10.2. The molecule has 0 radical (unpaired) electrons. The van der Waals surface area contributed by atoms with E-state index in [0.29, 0.717) is 23.8 Å². The molecule has 2 aromatic rings. The van der Waals surface area contributed by atoms with E-state index in [1.807, 2.05) is 17.5 Å². The molecule has 2 rings (SSSR count). The summed E-state index contributed by atoms with van der Waals surface area (Å²) in [5.74, 6) is 1.80. The summed E-state index contributed by atoms with van der Waals surface area (Å²) < 4.78 is 15.9. The topological polar surface area (TPSA) is 66.6 Å². The summed E-state index contributed by atoms with van der Waals surface area (Å²) in [5.41, 5.74) is 7.36. The fourth-order valence-corrected chi connectivity index (χ4v) is 2.56. The molecule has 0 spiro atoms. The molecule has 0 aliphatic rings. The Morgan fingerprint density at radius 3 is 2.16 bits per heavy atom. The molecule has 19 heavy (non-hydrogen) atoms. The summed E-state index contributed by atoms with van der Waals surface area (Å²) in [7, 11) is 4.76. The van der Waals surface area contributed by atoms with E-state index in [9.17, 15) is 0 Å². The van der Waals surface area contributed by atoms with Crippen LogP contribution in [0.25, 0.3) is 10.6 Å². The summed E-state index contributed by atoms with van der Waals surface area (Å²) in [6.45, 7) is 0.431. The molecule has 1 aromatic carbocycles. The molecule has 2 N–H and O–H groups in total. The summed E-state index contributed by atoms with van der Waals surface area (Å²) in [5, 5.41) is 2.82. The van der Waals surface area contributed by atoms with Gasteiger partial charge in [0.1, 0.15) is 5.01 Å². The van der Waals surface area contributed by atoms with Crippen molar-refractivity contribution in [1.82, 2.24) is 4.98 Å². The molecule has 0 amide bonds. The zero-order valence-electron chi connectivity index (χ0n) is 11.1. The van der Waals surface area contributed by atoms with Gasteiger partial charge >= 0.3 is 0 Å². The molecule has 0 saturated carbocycles. The molecule has 6 heteroatoms. The first-order valence-electron chi connectivity index (χ1n) is 5.68. The predicted octanol–water partition coefficient (Wildman–Crippen LogP) is 2.29. The molecule has 0 atom stereocenters. The van der Waals surface area contributed by atoms with E-state index in [0.717, 1.165) is 16.3 Å². The van der Waals surface area contributed by atoms with Crippen LogP contribution in [0, 0.1) is 0 Å². The normalized spacial score (nSPS) is 10.3. The first kappa shape index (κ1) is 13.6. The van der Waals surface area contributed by atoms with Gasteiger partial charge in [0.05, 0.1) is 27.0 Å². The van der Waals surface area contributed by atoms with Crippen LogP contribution in [0.3, 0.4) is 0 Å². The van der Waals surface area contributed by atoms with Gasteiger partial charge in [0, 0.05) is 17.5 Å². The van der Waals surface area contributed by atoms with Crippen LogP contribution in [0.15, 0.2) is 17.5 Å². The average molecular weight is 280 g/mol. The maximum absolute atomic E-state index is 5.57. The summed E-state index contributed by atoms with van der Waals surface area (Å²) in [6.07, 6.45) is 0. The van der Waals surface area contributed by atoms with Crippen LogP contribution in [0.4, 0.5) is 0 Å². The van der Waals surface area contributed by atoms with E-state index < -0.39 is 0 Å². The SMILES string of the molecule is COc1cc(-c2nc(CN)cs2)cc(OC)c1OC. The number of thiazole rings is 1. The molecule has 0 saturated heterocycles. The second-order valence-corrected chi connectivity index (χ2v) is 4.62. The highest BCUT2D eigenvalue weighted by atomic mass is 32.1. The zero-order valence-corrected chi connectivity index (χ0v) is 11.9. The molecule has 0 unspecified atom stereocenters. The van der Waals surface area contributed by atoms with E-state index in [-0.39, 0.29) is 0 Å². The molecule has 0 bridgehead atoms. The van der Waals surface area contributed by atoms with E-state index in [1.54, 1.807) is 21.3 Å². The molecule has 5 nitrogen and oxygen atoms in total. The van der Waals surface area contributed by atoms with Crippen molar-refractivity contribution < 1.29 is 14.2 Å². The third kappa shape index (κ3) is 2.64. The average Bonchev–Trinajstić information content (AvgIpc) is 2.94. The number of rotatable bonds is 5. The number of hydrogen-bond donors (Lipinski definition) is 1. The molecule has 1 heterocycles. The van der Waals surface area contributed by atoms with Crippen molar-refractivity contribution in [1.29, 1.82) is 0 Å². The van der Waals surface area contributed by atoms with Gasteiger partial charge in [-0.1, -0.05) is 0 Å². The van der Waals surface area contributed by atoms with Crippen LogP contribution in [-0.4, -0.2) is 26.3 Å². The Hall–Kier alpha value is -1.79. The molecule has 0 fully saturated rings. The minimum absolute atomic E-state index is 0.431. The van der Waals surface area contributed by atoms with Crippen LogP contribution in [0.2, 0.25) is 0 Å². The fraction of sp³-hybridized carbons (Fsp3) is 0.308. The van der Waals surface area contributed by atoms with Gasteiger partial charge in [-0.2, -0.15) is 0 Å². The Bertz CT molecular complexity index is 544. The Balaban J connectivity index is 2.51. The van der Waals surface area contributed by atoms with Gasteiger partial charge in [-0.15, -0.1) is 11.3 Å². The first-order valence-corrected chi connectivity index (χ1v) is 6.56. The molecule has 102 valence electrons. The van der Waals surface area contributed by atoms with Gasteiger partial charge in [0.25, 0.3) is 0 Å². The third-order valence-electron chi connectivity index (χ3n) is 2.67. The third-order valence-corrected chi connectivity index (χ3v) is 3.61. The minimum Gasteiger partial charge on any atom is -0.493 e. The lowest BCUT2D eigenvalue weighted by Gasteiger charge is -2.13. The Labute approximate surface area is 115 Å². The number of methoxy groups -OCH3 is 3. The van der Waals surface area contributed by atoms with Gasteiger partial charge in [-0.25, -0.2) is 4.98 Å². The van der Waals surface area contributed by atoms with E-state index in [1.165, 1.54) is 11.3 Å². The summed E-state index contributed by atoms with van der Waals surface area (Å²) >= 11 is 1.54. The van der Waals surface area contributed by atoms with Crippen molar-refractivity contribution in [2.45, 2.75) is 6.54 Å². The number of nitrogens with two attached hydrogens (primary N) is 1. The van der Waals surface area contributed by atoms with Gasteiger partial charge in [-0.3, -0.25) is 0 Å². The zero-order chi connectivity index (χ0) is 13.8. The van der Waals surface area contributed by atoms with Crippen LogP contribution < -0.4 is 19.9 Å². The first-order chi connectivity index (χ1) is 9.23. The van der Waals surface area contributed by atoms with Crippen LogP contribution in [0.1, 0.15) is 5.69 Å². The van der Waals surface area contributed by atoms with Crippen LogP contribution in [0.5, 0.6) is 17.2 Å². The molecule has 0 aliphatic carbocycles.